The maximum Gasteiger partial charge on any atom is 0.325 e. The molecule has 0 radical (unpaired) electrons. The third-order valence-electron chi connectivity index (χ3n) is 3.87. The predicted molar refractivity (Wildman–Crippen MR) is 115 cm³/mol. The molecule has 0 atom stereocenters. The average Bonchev–Trinajstić information content (AvgIpc) is 3.14. The lowest BCUT2D eigenvalue weighted by Crippen LogP contribution is -2.24. The van der Waals surface area contributed by atoms with Crippen molar-refractivity contribution >= 4 is 45.7 Å². The molecule has 0 aliphatic heterocycles. The third-order valence-corrected chi connectivity index (χ3v) is 4.93. The van der Waals surface area contributed by atoms with E-state index in [2.05, 4.69) is 20.9 Å². The van der Waals surface area contributed by atoms with E-state index in [0.717, 1.165) is 5.56 Å². The van der Waals surface area contributed by atoms with Gasteiger partial charge in [-0.25, -0.2) is 9.78 Å². The summed E-state index contributed by atoms with van der Waals surface area (Å²) < 4.78 is 5.20. The molecule has 3 amide bonds. The molecule has 0 aliphatic carbocycles. The van der Waals surface area contributed by atoms with E-state index < -0.39 is 6.03 Å². The molecule has 9 heteroatoms. The molecule has 1 heterocycles. The molecule has 3 N–H and O–H groups in total. The number of amides is 3. The van der Waals surface area contributed by atoms with Gasteiger partial charge in [-0.3, -0.25) is 10.1 Å². The Morgan fingerprint density at radius 2 is 1.86 bits per heavy atom. The summed E-state index contributed by atoms with van der Waals surface area (Å²) >= 11 is 7.09. The molecular formula is C20H19ClN4O3S. The summed E-state index contributed by atoms with van der Waals surface area (Å²) in [7, 11) is 1.53. The van der Waals surface area contributed by atoms with Crippen LogP contribution >= 0.6 is 22.9 Å². The fourth-order valence-electron chi connectivity index (χ4n) is 2.47. The maximum atomic E-state index is 12.2. The Bertz CT molecular complexity index is 991. The highest BCUT2D eigenvalue weighted by molar-refractivity contribution is 7.14. The molecule has 0 spiro atoms. The van der Waals surface area contributed by atoms with Crippen LogP contribution in [0.4, 0.5) is 15.6 Å². The van der Waals surface area contributed by atoms with Crippen molar-refractivity contribution in [2.75, 3.05) is 17.7 Å². The topological polar surface area (TPSA) is 92.3 Å². The molecule has 150 valence electrons. The number of carbonyl (C=O) groups is 2. The van der Waals surface area contributed by atoms with Crippen molar-refractivity contribution in [3.05, 3.63) is 70.2 Å². The van der Waals surface area contributed by atoms with E-state index in [1.165, 1.54) is 18.4 Å². The molecule has 3 aromatic rings. The van der Waals surface area contributed by atoms with E-state index in [1.54, 1.807) is 35.7 Å². The average molecular weight is 431 g/mol. The fourth-order valence-corrected chi connectivity index (χ4v) is 3.31. The van der Waals surface area contributed by atoms with E-state index >= 15 is 0 Å². The Morgan fingerprint density at radius 3 is 2.62 bits per heavy atom. The number of anilines is 2. The number of urea groups is 1. The Balaban J connectivity index is 1.49. The van der Waals surface area contributed by atoms with E-state index in [0.29, 0.717) is 33.8 Å². The highest BCUT2D eigenvalue weighted by atomic mass is 35.5. The maximum absolute atomic E-state index is 12.2. The van der Waals surface area contributed by atoms with Gasteiger partial charge < -0.3 is 15.4 Å². The number of hydrogen-bond donors (Lipinski definition) is 3. The lowest BCUT2D eigenvalue weighted by molar-refractivity contribution is -0.120. The first kappa shape index (κ1) is 20.6. The van der Waals surface area contributed by atoms with Crippen LogP contribution in [-0.2, 0) is 17.8 Å². The minimum atomic E-state index is -0.442. The lowest BCUT2D eigenvalue weighted by Gasteiger charge is -2.09. The summed E-state index contributed by atoms with van der Waals surface area (Å²) in [6, 6.07) is 13.9. The van der Waals surface area contributed by atoms with Gasteiger partial charge in [0.25, 0.3) is 0 Å². The van der Waals surface area contributed by atoms with Gasteiger partial charge in [0.1, 0.15) is 5.75 Å². The molecule has 0 bridgehead atoms. The molecular weight excluding hydrogens is 412 g/mol. The highest BCUT2D eigenvalue weighted by Crippen LogP contribution is 2.23. The zero-order valence-electron chi connectivity index (χ0n) is 15.6. The Kier molecular flexibility index (Phi) is 7.04. The van der Waals surface area contributed by atoms with Gasteiger partial charge in [0.05, 0.1) is 24.9 Å². The first-order chi connectivity index (χ1) is 14.0. The van der Waals surface area contributed by atoms with Gasteiger partial charge in [0, 0.05) is 16.9 Å². The van der Waals surface area contributed by atoms with E-state index in [4.69, 9.17) is 16.3 Å². The minimum Gasteiger partial charge on any atom is -0.495 e. The van der Waals surface area contributed by atoms with Crippen molar-refractivity contribution in [3.8, 4) is 5.75 Å². The molecule has 29 heavy (non-hydrogen) atoms. The van der Waals surface area contributed by atoms with Gasteiger partial charge in [-0.15, -0.1) is 11.3 Å². The van der Waals surface area contributed by atoms with Crippen molar-refractivity contribution in [2.45, 2.75) is 13.0 Å². The summed E-state index contributed by atoms with van der Waals surface area (Å²) in [5, 5.41) is 11.0. The summed E-state index contributed by atoms with van der Waals surface area (Å²) in [6.45, 7) is 0.409. The van der Waals surface area contributed by atoms with Crippen LogP contribution in [0.2, 0.25) is 5.02 Å². The minimum absolute atomic E-state index is 0.125. The van der Waals surface area contributed by atoms with Crippen LogP contribution in [0.1, 0.15) is 11.3 Å². The number of nitrogens with zero attached hydrogens (tertiary/aromatic N) is 1. The van der Waals surface area contributed by atoms with Crippen molar-refractivity contribution in [2.24, 2.45) is 0 Å². The molecule has 0 saturated carbocycles. The van der Waals surface area contributed by atoms with E-state index in [9.17, 15) is 9.59 Å². The second-order valence-corrected chi connectivity index (χ2v) is 7.30. The zero-order chi connectivity index (χ0) is 20.6. The standard InChI is InChI=1S/C20H19ClN4O3S/c1-28-17-5-3-2-4-16(17)24-19(27)25-20-23-15(12-29-20)10-18(26)22-11-13-6-8-14(21)9-7-13/h2-9,12H,10-11H2,1H3,(H,22,26)(H2,23,24,25,27). The number of nitrogens with one attached hydrogen (secondary N) is 3. The summed E-state index contributed by atoms with van der Waals surface area (Å²) in [6.07, 6.45) is 0.125. The Labute approximate surface area is 177 Å². The first-order valence-corrected chi connectivity index (χ1v) is 9.96. The number of rotatable bonds is 7. The third kappa shape index (κ3) is 6.20. The van der Waals surface area contributed by atoms with Crippen LogP contribution in [0, 0.1) is 0 Å². The predicted octanol–water partition coefficient (Wildman–Crippen LogP) is 4.31. The largest absolute Gasteiger partial charge is 0.495 e. The van der Waals surface area contributed by atoms with Gasteiger partial charge in [-0.05, 0) is 29.8 Å². The van der Waals surface area contributed by atoms with Gasteiger partial charge in [-0.2, -0.15) is 0 Å². The monoisotopic (exact) mass is 430 g/mol. The van der Waals surface area contributed by atoms with Crippen LogP contribution in [0.3, 0.4) is 0 Å². The summed E-state index contributed by atoms with van der Waals surface area (Å²) in [5.41, 5.74) is 2.08. The molecule has 7 nitrogen and oxygen atoms in total. The lowest BCUT2D eigenvalue weighted by atomic mass is 10.2. The number of carbonyl (C=O) groups excluding carboxylic acids is 2. The van der Waals surface area contributed by atoms with Gasteiger partial charge in [-0.1, -0.05) is 35.9 Å². The quantitative estimate of drug-likeness (QED) is 0.520. The first-order valence-electron chi connectivity index (χ1n) is 8.70. The molecule has 1 aromatic heterocycles. The zero-order valence-corrected chi connectivity index (χ0v) is 17.1. The number of aromatic nitrogens is 1. The second kappa shape index (κ2) is 9.90. The highest BCUT2D eigenvalue weighted by Gasteiger charge is 2.11. The van der Waals surface area contributed by atoms with Gasteiger partial charge in [0.15, 0.2) is 5.13 Å². The number of methoxy groups -OCH3 is 1. The fraction of sp³-hybridized carbons (Fsp3) is 0.150. The van der Waals surface area contributed by atoms with Crippen LogP contribution in [-0.4, -0.2) is 24.0 Å². The molecule has 0 aliphatic rings. The van der Waals surface area contributed by atoms with Crippen LogP contribution in [0.25, 0.3) is 0 Å². The van der Waals surface area contributed by atoms with E-state index in [1.807, 2.05) is 18.2 Å². The summed E-state index contributed by atoms with van der Waals surface area (Å²) in [4.78, 5) is 28.6. The van der Waals surface area contributed by atoms with Gasteiger partial charge >= 0.3 is 6.03 Å². The number of para-hydroxylation sites is 2. The van der Waals surface area contributed by atoms with Crippen LogP contribution < -0.4 is 20.7 Å². The molecule has 3 rings (SSSR count). The van der Waals surface area contributed by atoms with Crippen molar-refractivity contribution in [1.82, 2.24) is 10.3 Å². The molecule has 2 aromatic carbocycles. The molecule has 0 saturated heterocycles. The number of hydrogen-bond acceptors (Lipinski definition) is 5. The van der Waals surface area contributed by atoms with Gasteiger partial charge in [0.2, 0.25) is 5.91 Å². The molecule has 0 fully saturated rings. The Hall–Kier alpha value is -3.10. The van der Waals surface area contributed by atoms with Crippen molar-refractivity contribution in [1.29, 1.82) is 0 Å². The number of benzene rings is 2. The van der Waals surface area contributed by atoms with Crippen LogP contribution in [0.15, 0.2) is 53.9 Å². The second-order valence-electron chi connectivity index (χ2n) is 6.00. The summed E-state index contributed by atoms with van der Waals surface area (Å²) in [5.74, 6) is 0.398. The normalized spacial score (nSPS) is 10.3. The van der Waals surface area contributed by atoms with Crippen molar-refractivity contribution in [3.63, 3.8) is 0 Å². The van der Waals surface area contributed by atoms with Crippen LogP contribution in [0.5, 0.6) is 5.75 Å². The van der Waals surface area contributed by atoms with Crippen molar-refractivity contribution < 1.29 is 14.3 Å². The number of halogens is 1. The number of ether oxygens (including phenoxy) is 1. The molecule has 0 unspecified atom stereocenters. The smallest absolute Gasteiger partial charge is 0.325 e. The SMILES string of the molecule is COc1ccccc1NC(=O)Nc1nc(CC(=O)NCc2ccc(Cl)cc2)cs1. The Morgan fingerprint density at radius 1 is 1.10 bits per heavy atom. The number of thiazole rings is 1. The van der Waals surface area contributed by atoms with E-state index in [-0.39, 0.29) is 12.3 Å².